The predicted molar refractivity (Wildman–Crippen MR) is 69.4 cm³/mol. The molecule has 6 heteroatoms. The zero-order chi connectivity index (χ0) is 13.7. The Hall–Kier alpha value is -2.08. The largest absolute Gasteiger partial charge is 0.484 e. The lowest BCUT2D eigenvalue weighted by Crippen LogP contribution is -2.30. The number of carbonyl (C=O) groups excluding carboxylic acids is 2. The summed E-state index contributed by atoms with van der Waals surface area (Å²) >= 11 is 0. The molecule has 1 aliphatic rings. The van der Waals surface area contributed by atoms with Crippen LogP contribution < -0.4 is 21.1 Å². The van der Waals surface area contributed by atoms with Gasteiger partial charge in [0.2, 0.25) is 5.91 Å². The van der Waals surface area contributed by atoms with Gasteiger partial charge in [-0.15, -0.1) is 0 Å². The smallest absolute Gasteiger partial charge is 0.255 e. The summed E-state index contributed by atoms with van der Waals surface area (Å²) in [6.45, 7) is 1.25. The maximum absolute atomic E-state index is 11.0. The second-order valence-electron chi connectivity index (χ2n) is 4.48. The summed E-state index contributed by atoms with van der Waals surface area (Å²) < 4.78 is 5.16. The second kappa shape index (κ2) is 6.19. The summed E-state index contributed by atoms with van der Waals surface area (Å²) in [7, 11) is 0. The molecule has 102 valence electrons. The Bertz CT molecular complexity index is 459. The number of carbonyl (C=O) groups is 2. The fourth-order valence-corrected chi connectivity index (χ4v) is 1.87. The van der Waals surface area contributed by atoms with Crippen molar-refractivity contribution in [2.45, 2.75) is 19.0 Å². The average Bonchev–Trinajstić information content (AvgIpc) is 2.81. The van der Waals surface area contributed by atoms with Crippen LogP contribution in [-0.2, 0) is 16.1 Å². The fraction of sp³-hybridized carbons (Fsp3) is 0.385. The molecule has 1 fully saturated rings. The van der Waals surface area contributed by atoms with Gasteiger partial charge < -0.3 is 21.1 Å². The highest BCUT2D eigenvalue weighted by molar-refractivity contribution is 5.78. The summed E-state index contributed by atoms with van der Waals surface area (Å²) in [5.41, 5.74) is 6.08. The summed E-state index contributed by atoms with van der Waals surface area (Å²) in [5, 5.41) is 6.08. The van der Waals surface area contributed by atoms with Gasteiger partial charge in [0.05, 0.1) is 0 Å². The lowest BCUT2D eigenvalue weighted by molar-refractivity contribution is -0.120. The van der Waals surface area contributed by atoms with Crippen molar-refractivity contribution in [1.82, 2.24) is 10.6 Å². The Kier molecular flexibility index (Phi) is 4.35. The predicted octanol–water partition coefficient (Wildman–Crippen LogP) is -0.471. The first-order valence-corrected chi connectivity index (χ1v) is 6.13. The van der Waals surface area contributed by atoms with Crippen molar-refractivity contribution in [3.05, 3.63) is 29.8 Å². The summed E-state index contributed by atoms with van der Waals surface area (Å²) in [6.07, 6.45) is 0.528. The first-order valence-electron chi connectivity index (χ1n) is 6.13. The molecule has 1 atom stereocenters. The van der Waals surface area contributed by atoms with Crippen LogP contribution in [0.4, 0.5) is 0 Å². The molecule has 0 bridgehead atoms. The molecule has 19 heavy (non-hydrogen) atoms. The lowest BCUT2D eigenvalue weighted by atomic mass is 10.2. The molecule has 2 amide bonds. The van der Waals surface area contributed by atoms with Crippen molar-refractivity contribution in [3.63, 3.8) is 0 Å². The van der Waals surface area contributed by atoms with Crippen molar-refractivity contribution in [2.75, 3.05) is 13.2 Å². The van der Waals surface area contributed by atoms with Gasteiger partial charge in [-0.1, -0.05) is 12.1 Å². The van der Waals surface area contributed by atoms with Gasteiger partial charge in [-0.05, 0) is 17.7 Å². The minimum absolute atomic E-state index is 0.0905. The van der Waals surface area contributed by atoms with Crippen molar-refractivity contribution >= 4 is 11.8 Å². The van der Waals surface area contributed by atoms with E-state index in [2.05, 4.69) is 10.6 Å². The lowest BCUT2D eigenvalue weighted by Gasteiger charge is -2.10. The number of rotatable bonds is 6. The number of amides is 2. The Balaban J connectivity index is 1.78. The van der Waals surface area contributed by atoms with Crippen molar-refractivity contribution < 1.29 is 14.3 Å². The van der Waals surface area contributed by atoms with Crippen molar-refractivity contribution in [1.29, 1.82) is 0 Å². The molecule has 1 aromatic rings. The van der Waals surface area contributed by atoms with E-state index < -0.39 is 5.91 Å². The van der Waals surface area contributed by atoms with Crippen molar-refractivity contribution in [3.8, 4) is 5.75 Å². The molecule has 0 aliphatic carbocycles. The van der Waals surface area contributed by atoms with Crippen LogP contribution >= 0.6 is 0 Å². The second-order valence-corrected chi connectivity index (χ2v) is 4.48. The van der Waals surface area contributed by atoms with Gasteiger partial charge in [0.15, 0.2) is 6.61 Å². The number of nitrogens with two attached hydrogens (primary N) is 1. The fourth-order valence-electron chi connectivity index (χ4n) is 1.87. The first kappa shape index (κ1) is 13.4. The zero-order valence-electron chi connectivity index (χ0n) is 10.5. The standard InChI is InChI=1S/C13H17N3O3/c14-12(17)8-19-11-3-1-9(2-4-11)6-15-10-5-13(18)16-7-10/h1-4,10,15H,5-8H2,(H2,14,17)(H,16,18). The van der Waals surface area contributed by atoms with Crippen LogP contribution in [0.1, 0.15) is 12.0 Å². The molecule has 4 N–H and O–H groups in total. The maximum atomic E-state index is 11.0. The van der Waals surface area contributed by atoms with E-state index in [9.17, 15) is 9.59 Å². The minimum Gasteiger partial charge on any atom is -0.484 e. The zero-order valence-corrected chi connectivity index (χ0v) is 10.5. The van der Waals surface area contributed by atoms with Gasteiger partial charge in [-0.3, -0.25) is 9.59 Å². The van der Waals surface area contributed by atoms with E-state index in [0.717, 1.165) is 5.56 Å². The van der Waals surface area contributed by atoms with Gasteiger partial charge >= 0.3 is 0 Å². The molecule has 1 unspecified atom stereocenters. The average molecular weight is 263 g/mol. The SMILES string of the molecule is NC(=O)COc1ccc(CNC2CNC(=O)C2)cc1. The summed E-state index contributed by atoms with van der Waals surface area (Å²) in [4.78, 5) is 21.6. The van der Waals surface area contributed by atoms with Crippen LogP contribution in [0.25, 0.3) is 0 Å². The molecule has 0 saturated carbocycles. The molecule has 0 aromatic heterocycles. The Morgan fingerprint density at radius 2 is 2.16 bits per heavy atom. The van der Waals surface area contributed by atoms with Crippen LogP contribution in [0.3, 0.4) is 0 Å². The molecule has 1 aliphatic heterocycles. The van der Waals surface area contributed by atoms with E-state index in [4.69, 9.17) is 10.5 Å². The van der Waals surface area contributed by atoms with Gasteiger partial charge in [0, 0.05) is 25.6 Å². The molecule has 6 nitrogen and oxygen atoms in total. The Morgan fingerprint density at radius 1 is 1.42 bits per heavy atom. The molecule has 0 radical (unpaired) electrons. The topological polar surface area (TPSA) is 93.5 Å². The quantitative estimate of drug-likeness (QED) is 0.646. The molecular weight excluding hydrogens is 246 g/mol. The van der Waals surface area contributed by atoms with Gasteiger partial charge in [-0.2, -0.15) is 0 Å². The number of benzene rings is 1. The highest BCUT2D eigenvalue weighted by Gasteiger charge is 2.20. The third-order valence-corrected chi connectivity index (χ3v) is 2.88. The van der Waals surface area contributed by atoms with E-state index in [1.807, 2.05) is 12.1 Å². The molecule has 1 heterocycles. The summed E-state index contributed by atoms with van der Waals surface area (Å²) in [6, 6.07) is 7.59. The number of primary amides is 1. The molecular formula is C13H17N3O3. The van der Waals surface area contributed by atoms with E-state index >= 15 is 0 Å². The van der Waals surface area contributed by atoms with Crippen LogP contribution in [-0.4, -0.2) is 31.0 Å². The Labute approximate surface area is 111 Å². The first-order chi connectivity index (χ1) is 9.13. The van der Waals surface area contributed by atoms with Crippen LogP contribution in [0.2, 0.25) is 0 Å². The van der Waals surface area contributed by atoms with Crippen LogP contribution in [0.15, 0.2) is 24.3 Å². The molecule has 2 rings (SSSR count). The highest BCUT2D eigenvalue weighted by atomic mass is 16.5. The number of nitrogens with one attached hydrogen (secondary N) is 2. The number of hydrogen-bond donors (Lipinski definition) is 3. The van der Waals surface area contributed by atoms with E-state index in [-0.39, 0.29) is 18.6 Å². The van der Waals surface area contributed by atoms with Crippen molar-refractivity contribution in [2.24, 2.45) is 5.73 Å². The van der Waals surface area contributed by atoms with Crippen LogP contribution in [0.5, 0.6) is 5.75 Å². The monoisotopic (exact) mass is 263 g/mol. The molecule has 1 aromatic carbocycles. The van der Waals surface area contributed by atoms with Gasteiger partial charge in [0.25, 0.3) is 5.91 Å². The maximum Gasteiger partial charge on any atom is 0.255 e. The number of ether oxygens (including phenoxy) is 1. The minimum atomic E-state index is -0.496. The molecule has 1 saturated heterocycles. The van der Waals surface area contributed by atoms with E-state index in [1.54, 1.807) is 12.1 Å². The van der Waals surface area contributed by atoms with Gasteiger partial charge in [0.1, 0.15) is 5.75 Å². The van der Waals surface area contributed by atoms with Gasteiger partial charge in [-0.25, -0.2) is 0 Å². The summed E-state index contributed by atoms with van der Waals surface area (Å²) in [5.74, 6) is 0.206. The third-order valence-electron chi connectivity index (χ3n) is 2.88. The highest BCUT2D eigenvalue weighted by Crippen LogP contribution is 2.12. The molecule has 0 spiro atoms. The van der Waals surface area contributed by atoms with E-state index in [1.165, 1.54) is 0 Å². The van der Waals surface area contributed by atoms with E-state index in [0.29, 0.717) is 25.3 Å². The third kappa shape index (κ3) is 4.26. The van der Waals surface area contributed by atoms with Crippen LogP contribution in [0, 0.1) is 0 Å². The number of hydrogen-bond acceptors (Lipinski definition) is 4. The normalized spacial score (nSPS) is 18.1. The Morgan fingerprint density at radius 3 is 2.74 bits per heavy atom.